The molecule has 7 heteroatoms. The number of benzene rings is 2. The second-order valence-electron chi connectivity index (χ2n) is 7.13. The Morgan fingerprint density at radius 3 is 2.55 bits per heavy atom. The lowest BCUT2D eigenvalue weighted by Crippen LogP contribution is -2.20. The second kappa shape index (κ2) is 12.2. The number of rotatable bonds is 13. The average Bonchev–Trinajstić information content (AvgIpc) is 3.19. The van der Waals surface area contributed by atoms with Gasteiger partial charge in [-0.1, -0.05) is 24.3 Å². The standard InChI is InChI=1S/C24H28FNO5/c1-28-24(27)17-30-13-12-29-11-10-26-16-19-2-6-20-15-22(31-23(20)14-19)9-5-18-3-7-21(25)8-4-18/h2-4,6-8,14-15,26H,5,9-13,16-17H2,1H3. The Morgan fingerprint density at radius 1 is 0.968 bits per heavy atom. The number of nitrogens with one attached hydrogen (secondary N) is 1. The van der Waals surface area contributed by atoms with Crippen molar-refractivity contribution >= 4 is 16.9 Å². The summed E-state index contributed by atoms with van der Waals surface area (Å²) in [6.07, 6.45) is 1.58. The predicted molar refractivity (Wildman–Crippen MR) is 115 cm³/mol. The molecule has 0 spiro atoms. The molecular weight excluding hydrogens is 401 g/mol. The Hall–Kier alpha value is -2.74. The summed E-state index contributed by atoms with van der Waals surface area (Å²) < 4.78 is 34.0. The normalized spacial score (nSPS) is 11.2. The fourth-order valence-electron chi connectivity index (χ4n) is 3.09. The largest absolute Gasteiger partial charge is 0.467 e. The molecule has 1 aromatic heterocycles. The number of esters is 1. The fraction of sp³-hybridized carbons (Fsp3) is 0.375. The third-order valence-electron chi connectivity index (χ3n) is 4.78. The lowest BCUT2D eigenvalue weighted by Gasteiger charge is -2.07. The van der Waals surface area contributed by atoms with Crippen molar-refractivity contribution in [1.29, 1.82) is 0 Å². The molecule has 0 saturated heterocycles. The summed E-state index contributed by atoms with van der Waals surface area (Å²) in [5.74, 6) is 0.312. The molecule has 0 bridgehead atoms. The molecule has 0 saturated carbocycles. The first-order valence-electron chi connectivity index (χ1n) is 10.3. The van der Waals surface area contributed by atoms with Gasteiger partial charge >= 0.3 is 5.97 Å². The highest BCUT2D eigenvalue weighted by Gasteiger charge is 2.06. The zero-order valence-corrected chi connectivity index (χ0v) is 17.7. The highest BCUT2D eigenvalue weighted by atomic mass is 19.1. The molecule has 0 atom stereocenters. The zero-order chi connectivity index (χ0) is 21.9. The molecule has 166 valence electrons. The van der Waals surface area contributed by atoms with Gasteiger partial charge in [0.25, 0.3) is 0 Å². The van der Waals surface area contributed by atoms with Gasteiger partial charge in [0.05, 0.1) is 26.9 Å². The maximum atomic E-state index is 13.0. The van der Waals surface area contributed by atoms with Crippen LogP contribution in [0.15, 0.2) is 52.9 Å². The maximum absolute atomic E-state index is 13.0. The van der Waals surface area contributed by atoms with E-state index in [1.165, 1.54) is 19.2 Å². The molecule has 0 amide bonds. The van der Waals surface area contributed by atoms with Crippen LogP contribution in [0, 0.1) is 5.82 Å². The molecule has 0 aliphatic rings. The number of aryl methyl sites for hydroxylation is 2. The zero-order valence-electron chi connectivity index (χ0n) is 17.7. The van der Waals surface area contributed by atoms with Gasteiger partial charge in [-0.05, 0) is 41.8 Å². The summed E-state index contributed by atoms with van der Waals surface area (Å²) in [6, 6.07) is 14.8. The van der Waals surface area contributed by atoms with Crippen molar-refractivity contribution in [1.82, 2.24) is 5.32 Å². The molecule has 0 aliphatic heterocycles. The number of carbonyl (C=O) groups excluding carboxylic acids is 1. The minimum Gasteiger partial charge on any atom is -0.467 e. The lowest BCUT2D eigenvalue weighted by molar-refractivity contribution is -0.146. The Bertz CT molecular complexity index is 954. The van der Waals surface area contributed by atoms with E-state index >= 15 is 0 Å². The molecule has 1 N–H and O–H groups in total. The van der Waals surface area contributed by atoms with Crippen molar-refractivity contribution in [2.45, 2.75) is 19.4 Å². The maximum Gasteiger partial charge on any atom is 0.331 e. The van der Waals surface area contributed by atoms with E-state index in [1.807, 2.05) is 6.07 Å². The van der Waals surface area contributed by atoms with E-state index in [0.717, 1.165) is 40.7 Å². The molecule has 0 unspecified atom stereocenters. The summed E-state index contributed by atoms with van der Waals surface area (Å²) in [5, 5.41) is 4.41. The highest BCUT2D eigenvalue weighted by Crippen LogP contribution is 2.22. The van der Waals surface area contributed by atoms with Gasteiger partial charge in [-0.15, -0.1) is 0 Å². The van der Waals surface area contributed by atoms with E-state index in [-0.39, 0.29) is 12.4 Å². The van der Waals surface area contributed by atoms with Crippen molar-refractivity contribution in [3.8, 4) is 0 Å². The van der Waals surface area contributed by atoms with Crippen LogP contribution in [-0.2, 0) is 38.4 Å². The summed E-state index contributed by atoms with van der Waals surface area (Å²) in [5.41, 5.74) is 3.09. The topological polar surface area (TPSA) is 69.9 Å². The van der Waals surface area contributed by atoms with E-state index in [4.69, 9.17) is 13.9 Å². The van der Waals surface area contributed by atoms with Crippen molar-refractivity contribution in [2.75, 3.05) is 40.1 Å². The summed E-state index contributed by atoms with van der Waals surface area (Å²) in [6.45, 7) is 2.70. The van der Waals surface area contributed by atoms with Gasteiger partial charge in [0.2, 0.25) is 0 Å². The van der Waals surface area contributed by atoms with Crippen LogP contribution < -0.4 is 5.32 Å². The molecule has 0 aliphatic carbocycles. The first-order valence-corrected chi connectivity index (χ1v) is 10.3. The highest BCUT2D eigenvalue weighted by molar-refractivity contribution is 5.78. The molecule has 31 heavy (non-hydrogen) atoms. The molecule has 1 heterocycles. The van der Waals surface area contributed by atoms with Crippen LogP contribution in [0.3, 0.4) is 0 Å². The Kier molecular flexibility index (Phi) is 9.02. The molecule has 2 aromatic carbocycles. The van der Waals surface area contributed by atoms with Crippen molar-refractivity contribution < 1.29 is 27.8 Å². The van der Waals surface area contributed by atoms with Gasteiger partial charge in [0, 0.05) is 24.9 Å². The van der Waals surface area contributed by atoms with Crippen LogP contribution in [-0.4, -0.2) is 46.1 Å². The van der Waals surface area contributed by atoms with Crippen LogP contribution in [0.25, 0.3) is 11.0 Å². The first kappa shape index (κ1) is 22.9. The number of hydrogen-bond acceptors (Lipinski definition) is 6. The van der Waals surface area contributed by atoms with Crippen LogP contribution in [0.5, 0.6) is 0 Å². The molecule has 0 fully saturated rings. The molecule has 6 nitrogen and oxygen atoms in total. The second-order valence-corrected chi connectivity index (χ2v) is 7.13. The van der Waals surface area contributed by atoms with E-state index in [9.17, 15) is 9.18 Å². The molecule has 3 aromatic rings. The Morgan fingerprint density at radius 2 is 1.74 bits per heavy atom. The van der Waals surface area contributed by atoms with Crippen molar-refractivity contribution in [2.24, 2.45) is 0 Å². The van der Waals surface area contributed by atoms with Crippen LogP contribution in [0.1, 0.15) is 16.9 Å². The molecular formula is C24H28FNO5. The van der Waals surface area contributed by atoms with E-state index in [1.54, 1.807) is 12.1 Å². The van der Waals surface area contributed by atoms with E-state index < -0.39 is 5.97 Å². The van der Waals surface area contributed by atoms with Gasteiger partial charge in [-0.25, -0.2) is 9.18 Å². The fourth-order valence-corrected chi connectivity index (χ4v) is 3.09. The first-order chi connectivity index (χ1) is 15.1. The van der Waals surface area contributed by atoms with Crippen molar-refractivity contribution in [3.05, 3.63) is 71.2 Å². The quantitative estimate of drug-likeness (QED) is 0.330. The number of hydrogen-bond donors (Lipinski definition) is 1. The summed E-state index contributed by atoms with van der Waals surface area (Å²) in [7, 11) is 1.33. The van der Waals surface area contributed by atoms with Gasteiger partial charge in [0.15, 0.2) is 0 Å². The number of carbonyl (C=O) groups is 1. The SMILES string of the molecule is COC(=O)COCCOCCNCc1ccc2cc(CCc3ccc(F)cc3)oc2c1. The van der Waals surface area contributed by atoms with E-state index in [0.29, 0.717) is 32.9 Å². The number of fused-ring (bicyclic) bond motifs is 1. The minimum atomic E-state index is -0.393. The van der Waals surface area contributed by atoms with Gasteiger partial charge in [0.1, 0.15) is 23.8 Å². The lowest BCUT2D eigenvalue weighted by atomic mass is 10.1. The van der Waals surface area contributed by atoms with Crippen LogP contribution >= 0.6 is 0 Å². The van der Waals surface area contributed by atoms with Crippen LogP contribution in [0.2, 0.25) is 0 Å². The Labute approximate surface area is 181 Å². The smallest absolute Gasteiger partial charge is 0.331 e. The summed E-state index contributed by atoms with van der Waals surface area (Å²) >= 11 is 0. The number of halogens is 1. The number of ether oxygens (including phenoxy) is 3. The van der Waals surface area contributed by atoms with Crippen molar-refractivity contribution in [3.63, 3.8) is 0 Å². The summed E-state index contributed by atoms with van der Waals surface area (Å²) in [4.78, 5) is 10.9. The van der Waals surface area contributed by atoms with E-state index in [2.05, 4.69) is 28.3 Å². The number of furan rings is 1. The third kappa shape index (κ3) is 7.79. The van der Waals surface area contributed by atoms with Gasteiger partial charge < -0.3 is 23.9 Å². The monoisotopic (exact) mass is 429 g/mol. The number of methoxy groups -OCH3 is 1. The Balaban J connectivity index is 1.35. The molecule has 0 radical (unpaired) electrons. The third-order valence-corrected chi connectivity index (χ3v) is 4.78. The average molecular weight is 429 g/mol. The minimum absolute atomic E-state index is 0.0542. The van der Waals surface area contributed by atoms with Gasteiger partial charge in [-0.2, -0.15) is 0 Å². The predicted octanol–water partition coefficient (Wildman–Crippen LogP) is 3.65. The van der Waals surface area contributed by atoms with Crippen LogP contribution in [0.4, 0.5) is 4.39 Å². The van der Waals surface area contributed by atoms with Gasteiger partial charge in [-0.3, -0.25) is 0 Å². The molecule has 3 rings (SSSR count).